The molecule has 2 N–H and O–H groups in total. The maximum Gasteiger partial charge on any atom is 0.330 e. The van der Waals surface area contributed by atoms with Crippen LogP contribution in [0.1, 0.15) is 35.0 Å². The molecule has 0 saturated carbocycles. The van der Waals surface area contributed by atoms with Gasteiger partial charge in [0.1, 0.15) is 18.1 Å². The van der Waals surface area contributed by atoms with Crippen LogP contribution >= 0.6 is 0 Å². The molecule has 3 aromatic rings. The number of carbonyl (C=O) groups excluding carboxylic acids is 1. The highest BCUT2D eigenvalue weighted by molar-refractivity contribution is 7.91. The van der Waals surface area contributed by atoms with Crippen molar-refractivity contribution in [3.8, 4) is 17.5 Å². The van der Waals surface area contributed by atoms with Crippen molar-refractivity contribution in [2.75, 3.05) is 43.5 Å². The number of primary sulfonamides is 1. The molecular weight excluding hydrogens is 580 g/mol. The number of nitrogens with two attached hydrogens (primary N) is 1. The summed E-state index contributed by atoms with van der Waals surface area (Å²) >= 11 is 0. The lowest BCUT2D eigenvalue weighted by molar-refractivity contribution is -0.0668. The Morgan fingerprint density at radius 3 is 2.59 bits per heavy atom. The summed E-state index contributed by atoms with van der Waals surface area (Å²) in [7, 11) is -5.76. The molecule has 1 atom stereocenters. The lowest BCUT2D eigenvalue weighted by Gasteiger charge is -2.37. The van der Waals surface area contributed by atoms with E-state index >= 15 is 0 Å². The second-order valence-electron chi connectivity index (χ2n) is 9.47. The average Bonchev–Trinajstić information content (AvgIpc) is 3.58. The number of methoxy groups -OCH3 is 1. The summed E-state index contributed by atoms with van der Waals surface area (Å²) in [6.07, 6.45) is 2.80. The molecular formula is C24H30N6O9S2. The number of nitrogens with zero attached hydrogens (tertiary/aromatic N) is 5. The smallest absolute Gasteiger partial charge is 0.330 e. The molecule has 1 amide bonds. The summed E-state index contributed by atoms with van der Waals surface area (Å²) in [6.45, 7) is -0.0278. The largest absolute Gasteiger partial charge is 0.496 e. The first-order valence-electron chi connectivity index (χ1n) is 12.7. The number of sulfonamides is 1. The molecule has 17 heteroatoms. The SMILES string of the molecule is COc1ccccc1[C@H](CN1c2nc(-c3ncco3)n(C)c2C(=O)N(CCS(N)(=O)=O)S1(=O)=O)OC1CCOCC1. The van der Waals surface area contributed by atoms with Crippen LogP contribution in [-0.4, -0.2) is 86.9 Å². The molecule has 2 aromatic heterocycles. The van der Waals surface area contributed by atoms with Crippen LogP contribution in [0.25, 0.3) is 11.7 Å². The molecule has 2 aliphatic heterocycles. The Labute approximate surface area is 237 Å². The van der Waals surface area contributed by atoms with Crippen LogP contribution < -0.4 is 14.2 Å². The van der Waals surface area contributed by atoms with E-state index in [9.17, 15) is 21.6 Å². The number of rotatable bonds is 10. The van der Waals surface area contributed by atoms with Crippen LogP contribution in [0.5, 0.6) is 5.75 Å². The first-order chi connectivity index (χ1) is 19.5. The number of carbonyl (C=O) groups is 1. The molecule has 0 aliphatic carbocycles. The van der Waals surface area contributed by atoms with Crippen LogP contribution in [0.4, 0.5) is 5.82 Å². The average molecular weight is 611 g/mol. The minimum absolute atomic E-state index is 0.0582. The Morgan fingerprint density at radius 2 is 1.93 bits per heavy atom. The monoisotopic (exact) mass is 610 g/mol. The molecule has 2 aliphatic rings. The Kier molecular flexibility index (Phi) is 8.06. The first-order valence-corrected chi connectivity index (χ1v) is 15.8. The second-order valence-corrected chi connectivity index (χ2v) is 13.0. The van der Waals surface area contributed by atoms with Crippen molar-refractivity contribution < 1.29 is 40.3 Å². The molecule has 0 radical (unpaired) electrons. The highest BCUT2D eigenvalue weighted by atomic mass is 32.2. The maximum absolute atomic E-state index is 14.0. The van der Waals surface area contributed by atoms with E-state index in [-0.39, 0.29) is 35.9 Å². The van der Waals surface area contributed by atoms with Gasteiger partial charge in [-0.15, -0.1) is 0 Å². The highest BCUT2D eigenvalue weighted by Gasteiger charge is 2.47. The van der Waals surface area contributed by atoms with Gasteiger partial charge in [0.2, 0.25) is 10.0 Å². The molecule has 5 rings (SSSR count). The maximum atomic E-state index is 14.0. The molecule has 0 spiro atoms. The molecule has 222 valence electrons. The second kappa shape index (κ2) is 11.4. The zero-order valence-corrected chi connectivity index (χ0v) is 24.0. The van der Waals surface area contributed by atoms with Crippen molar-refractivity contribution >= 4 is 32.0 Å². The van der Waals surface area contributed by atoms with Gasteiger partial charge in [0, 0.05) is 25.8 Å². The van der Waals surface area contributed by atoms with E-state index in [0.29, 0.717) is 41.7 Å². The number of benzene rings is 1. The lowest BCUT2D eigenvalue weighted by Crippen LogP contribution is -2.54. The third-order valence-corrected chi connectivity index (χ3v) is 9.38. The summed E-state index contributed by atoms with van der Waals surface area (Å²) in [5, 5.41) is 5.15. The molecule has 4 heterocycles. The van der Waals surface area contributed by atoms with E-state index in [0.717, 1.165) is 4.31 Å². The summed E-state index contributed by atoms with van der Waals surface area (Å²) in [5.74, 6) is -1.29. The third kappa shape index (κ3) is 5.80. The van der Waals surface area contributed by atoms with Crippen LogP contribution in [-0.2, 0) is 36.8 Å². The number of hydrogen-bond donors (Lipinski definition) is 1. The first kappa shape index (κ1) is 29.0. The quantitative estimate of drug-likeness (QED) is 0.342. The number of para-hydroxylation sites is 1. The molecule has 1 aromatic carbocycles. The zero-order valence-electron chi connectivity index (χ0n) is 22.4. The van der Waals surface area contributed by atoms with Gasteiger partial charge in [0.15, 0.2) is 17.3 Å². The van der Waals surface area contributed by atoms with Crippen LogP contribution in [0.3, 0.4) is 0 Å². The van der Waals surface area contributed by atoms with Crippen molar-refractivity contribution in [3.63, 3.8) is 0 Å². The van der Waals surface area contributed by atoms with E-state index in [4.69, 9.17) is 23.8 Å². The predicted molar refractivity (Wildman–Crippen MR) is 145 cm³/mol. The van der Waals surface area contributed by atoms with Gasteiger partial charge < -0.3 is 23.2 Å². The number of hydrogen-bond acceptors (Lipinski definition) is 11. The van der Waals surface area contributed by atoms with E-state index in [1.807, 2.05) is 0 Å². The number of fused-ring (bicyclic) bond motifs is 1. The Bertz CT molecular complexity index is 1620. The van der Waals surface area contributed by atoms with Gasteiger partial charge in [-0.25, -0.2) is 32.1 Å². The van der Waals surface area contributed by atoms with Crippen LogP contribution in [0, 0.1) is 0 Å². The van der Waals surface area contributed by atoms with Gasteiger partial charge >= 0.3 is 10.2 Å². The standard InChI is InChI=1S/C24H30N6O9S2/c1-28-20-21(27-22(28)23-26-9-13-38-23)30(41(34,35)29(24(20)31)10-14-40(25,32)33)15-19(39-16-7-11-37-12-8-16)17-5-3-4-6-18(17)36-2/h3-6,9,13,16,19H,7-8,10-12,14-15H2,1-2H3,(H2,25,32,33)/t19-/m0/s1. The van der Waals surface area contributed by atoms with E-state index < -0.39 is 44.5 Å². The van der Waals surface area contributed by atoms with Gasteiger partial charge in [0.25, 0.3) is 11.8 Å². The van der Waals surface area contributed by atoms with Gasteiger partial charge in [-0.3, -0.25) is 4.79 Å². The summed E-state index contributed by atoms with van der Waals surface area (Å²) in [5.41, 5.74) is 0.474. The molecule has 1 saturated heterocycles. The lowest BCUT2D eigenvalue weighted by atomic mass is 10.1. The molecule has 15 nitrogen and oxygen atoms in total. The fraction of sp³-hybridized carbons (Fsp3) is 0.458. The number of anilines is 1. The fourth-order valence-corrected chi connectivity index (χ4v) is 6.90. The zero-order chi connectivity index (χ0) is 29.4. The van der Waals surface area contributed by atoms with E-state index in [1.165, 1.54) is 31.2 Å². The van der Waals surface area contributed by atoms with Crippen molar-refractivity contribution in [2.45, 2.75) is 25.0 Å². The van der Waals surface area contributed by atoms with Gasteiger partial charge in [-0.1, -0.05) is 18.2 Å². The molecule has 41 heavy (non-hydrogen) atoms. The Balaban J connectivity index is 1.63. The number of oxazole rings is 1. The molecule has 0 bridgehead atoms. The van der Waals surface area contributed by atoms with Crippen molar-refractivity contribution in [3.05, 3.63) is 48.0 Å². The summed E-state index contributed by atoms with van der Waals surface area (Å²) in [6, 6.07) is 7.05. The molecule has 1 fully saturated rings. The van der Waals surface area contributed by atoms with Crippen molar-refractivity contribution in [1.82, 2.24) is 18.8 Å². The number of aromatic nitrogens is 3. The van der Waals surface area contributed by atoms with E-state index in [1.54, 1.807) is 24.3 Å². The Hall–Kier alpha value is -3.51. The van der Waals surface area contributed by atoms with Crippen molar-refractivity contribution in [2.24, 2.45) is 12.2 Å². The predicted octanol–water partition coefficient (Wildman–Crippen LogP) is 0.816. The number of imidazole rings is 1. The van der Waals surface area contributed by atoms with Gasteiger partial charge in [0.05, 0.1) is 38.3 Å². The van der Waals surface area contributed by atoms with Crippen LogP contribution in [0.15, 0.2) is 41.1 Å². The summed E-state index contributed by atoms with van der Waals surface area (Å²) in [4.78, 5) is 22.1. The van der Waals surface area contributed by atoms with Crippen molar-refractivity contribution in [1.29, 1.82) is 0 Å². The minimum atomic E-state index is -4.66. The topological polar surface area (TPSA) is 189 Å². The summed E-state index contributed by atoms with van der Waals surface area (Å²) < 4.78 is 77.2. The Morgan fingerprint density at radius 1 is 1.20 bits per heavy atom. The van der Waals surface area contributed by atoms with Gasteiger partial charge in [-0.05, 0) is 18.9 Å². The number of amides is 1. The highest BCUT2D eigenvalue weighted by Crippen LogP contribution is 2.38. The van der Waals surface area contributed by atoms with E-state index in [2.05, 4.69) is 9.97 Å². The van der Waals surface area contributed by atoms with Crippen LogP contribution in [0.2, 0.25) is 0 Å². The minimum Gasteiger partial charge on any atom is -0.496 e. The fourth-order valence-electron chi connectivity index (χ4n) is 4.82. The molecule has 0 unspecified atom stereocenters. The van der Waals surface area contributed by atoms with Gasteiger partial charge in [-0.2, -0.15) is 8.42 Å². The number of ether oxygens (including phenoxy) is 3. The normalized spacial score (nSPS) is 18.4. The third-order valence-electron chi connectivity index (χ3n) is 6.84.